The Hall–Kier alpha value is -2.39. The summed E-state index contributed by atoms with van der Waals surface area (Å²) in [6.45, 7) is 1.06. The van der Waals surface area contributed by atoms with E-state index in [-0.39, 0.29) is 23.5 Å². The lowest BCUT2D eigenvalue weighted by Gasteiger charge is -2.16. The summed E-state index contributed by atoms with van der Waals surface area (Å²) in [4.78, 5) is 26.0. The molecule has 2 aliphatic heterocycles. The fourth-order valence-electron chi connectivity index (χ4n) is 3.16. The van der Waals surface area contributed by atoms with Crippen molar-refractivity contribution in [3.05, 3.63) is 35.1 Å². The monoisotopic (exact) mass is 376 g/mol. The Balaban J connectivity index is 1.42. The van der Waals surface area contributed by atoms with Crippen molar-refractivity contribution in [1.29, 1.82) is 0 Å². The standard InChI is InChI=1S/C17H17FN4O3S/c18-11-3-5-12(6-4-11)22-9-10(8-14(22)23)16-20-21-17(26-16)19-15(24)13-2-1-7-25-13/h3-6,10,13H,1-2,7-9H2,(H,19,21,24)/t10-,13-/m1/s1. The second-order valence-electron chi connectivity index (χ2n) is 6.32. The van der Waals surface area contributed by atoms with E-state index < -0.39 is 6.10 Å². The van der Waals surface area contributed by atoms with Gasteiger partial charge in [0.15, 0.2) is 0 Å². The van der Waals surface area contributed by atoms with Crippen LogP contribution in [0.25, 0.3) is 0 Å². The molecule has 4 rings (SSSR count). The number of halogens is 1. The van der Waals surface area contributed by atoms with Gasteiger partial charge >= 0.3 is 0 Å². The van der Waals surface area contributed by atoms with Gasteiger partial charge in [-0.1, -0.05) is 11.3 Å². The molecule has 7 nitrogen and oxygen atoms in total. The molecule has 3 heterocycles. The van der Waals surface area contributed by atoms with Crippen molar-refractivity contribution in [2.75, 3.05) is 23.4 Å². The molecule has 0 aliphatic carbocycles. The number of hydrogen-bond acceptors (Lipinski definition) is 6. The maximum atomic E-state index is 13.1. The molecule has 1 N–H and O–H groups in total. The second kappa shape index (κ2) is 7.08. The molecule has 1 aromatic heterocycles. The van der Waals surface area contributed by atoms with Gasteiger partial charge in [-0.05, 0) is 37.1 Å². The Morgan fingerprint density at radius 2 is 2.12 bits per heavy atom. The Labute approximate surface area is 153 Å². The number of carbonyl (C=O) groups is 2. The molecule has 2 fully saturated rings. The van der Waals surface area contributed by atoms with Crippen LogP contribution in [-0.2, 0) is 14.3 Å². The summed E-state index contributed by atoms with van der Waals surface area (Å²) in [6, 6.07) is 5.84. The number of benzene rings is 1. The number of ether oxygens (including phenoxy) is 1. The van der Waals surface area contributed by atoms with Crippen LogP contribution in [-0.4, -0.2) is 41.3 Å². The van der Waals surface area contributed by atoms with Gasteiger partial charge < -0.3 is 9.64 Å². The summed E-state index contributed by atoms with van der Waals surface area (Å²) >= 11 is 1.27. The largest absolute Gasteiger partial charge is 0.368 e. The van der Waals surface area contributed by atoms with Crippen molar-refractivity contribution >= 4 is 34.0 Å². The van der Waals surface area contributed by atoms with E-state index in [2.05, 4.69) is 15.5 Å². The maximum absolute atomic E-state index is 13.1. The van der Waals surface area contributed by atoms with Gasteiger partial charge in [-0.15, -0.1) is 10.2 Å². The topological polar surface area (TPSA) is 84.4 Å². The first-order chi connectivity index (χ1) is 12.6. The minimum atomic E-state index is -0.427. The average molecular weight is 376 g/mol. The van der Waals surface area contributed by atoms with Crippen LogP contribution >= 0.6 is 11.3 Å². The predicted molar refractivity (Wildman–Crippen MR) is 93.6 cm³/mol. The third-order valence-corrected chi connectivity index (χ3v) is 5.51. The fraction of sp³-hybridized carbons (Fsp3) is 0.412. The zero-order valence-electron chi connectivity index (χ0n) is 13.9. The maximum Gasteiger partial charge on any atom is 0.255 e. The molecule has 136 valence electrons. The van der Waals surface area contributed by atoms with E-state index >= 15 is 0 Å². The van der Waals surface area contributed by atoms with Gasteiger partial charge in [-0.2, -0.15) is 0 Å². The predicted octanol–water partition coefficient (Wildman–Crippen LogP) is 2.32. The van der Waals surface area contributed by atoms with Gasteiger partial charge in [0.1, 0.15) is 16.9 Å². The van der Waals surface area contributed by atoms with Gasteiger partial charge in [0, 0.05) is 31.2 Å². The minimum absolute atomic E-state index is 0.0400. The van der Waals surface area contributed by atoms with E-state index in [9.17, 15) is 14.0 Å². The van der Waals surface area contributed by atoms with E-state index in [1.165, 1.54) is 23.5 Å². The normalized spacial score (nSPS) is 22.8. The van der Waals surface area contributed by atoms with Gasteiger partial charge in [0.2, 0.25) is 11.0 Å². The average Bonchev–Trinajstić information content (AvgIpc) is 3.36. The molecule has 9 heteroatoms. The van der Waals surface area contributed by atoms with Crippen molar-refractivity contribution in [3.63, 3.8) is 0 Å². The first-order valence-corrected chi connectivity index (χ1v) is 9.23. The van der Waals surface area contributed by atoms with Crippen LogP contribution in [0.2, 0.25) is 0 Å². The van der Waals surface area contributed by atoms with Gasteiger partial charge in [0.25, 0.3) is 5.91 Å². The summed E-state index contributed by atoms with van der Waals surface area (Å²) in [5, 5.41) is 12.0. The van der Waals surface area contributed by atoms with Crippen molar-refractivity contribution in [2.24, 2.45) is 0 Å². The van der Waals surface area contributed by atoms with Crippen molar-refractivity contribution < 1.29 is 18.7 Å². The SMILES string of the molecule is O=C(Nc1nnc([C@@H]2CC(=O)N(c3ccc(F)cc3)C2)s1)[C@H]1CCCO1. The molecular formula is C17H17FN4O3S. The summed E-state index contributed by atoms with van der Waals surface area (Å²) in [5.74, 6) is -0.687. The van der Waals surface area contributed by atoms with Crippen LogP contribution in [0.15, 0.2) is 24.3 Å². The highest BCUT2D eigenvalue weighted by atomic mass is 32.1. The number of nitrogens with one attached hydrogen (secondary N) is 1. The summed E-state index contributed by atoms with van der Waals surface area (Å²) in [6.07, 6.45) is 1.47. The van der Waals surface area contributed by atoms with Crippen LogP contribution < -0.4 is 10.2 Å². The van der Waals surface area contributed by atoms with E-state index in [0.29, 0.717) is 41.8 Å². The fourth-order valence-corrected chi connectivity index (χ4v) is 4.00. The molecule has 2 atom stereocenters. The minimum Gasteiger partial charge on any atom is -0.368 e. The molecule has 2 aromatic rings. The lowest BCUT2D eigenvalue weighted by atomic mass is 10.1. The zero-order chi connectivity index (χ0) is 18.1. The van der Waals surface area contributed by atoms with Crippen LogP contribution in [0.1, 0.15) is 30.2 Å². The second-order valence-corrected chi connectivity index (χ2v) is 7.33. The first kappa shape index (κ1) is 17.0. The molecule has 2 saturated heterocycles. The van der Waals surface area contributed by atoms with E-state index in [0.717, 1.165) is 6.42 Å². The summed E-state index contributed by atoms with van der Waals surface area (Å²) in [7, 11) is 0. The number of amides is 2. The third kappa shape index (κ3) is 3.45. The number of nitrogens with zero attached hydrogens (tertiary/aromatic N) is 3. The van der Waals surface area contributed by atoms with Crippen LogP contribution in [0.5, 0.6) is 0 Å². The summed E-state index contributed by atoms with van der Waals surface area (Å²) < 4.78 is 18.4. The molecule has 0 unspecified atom stereocenters. The molecule has 0 saturated carbocycles. The van der Waals surface area contributed by atoms with Crippen molar-refractivity contribution in [1.82, 2.24) is 10.2 Å². The molecule has 0 bridgehead atoms. The molecule has 1 aromatic carbocycles. The zero-order valence-corrected chi connectivity index (χ0v) is 14.7. The van der Waals surface area contributed by atoms with E-state index in [1.54, 1.807) is 17.0 Å². The molecular weight excluding hydrogens is 359 g/mol. The number of anilines is 2. The number of carbonyl (C=O) groups excluding carboxylic acids is 2. The Morgan fingerprint density at radius 1 is 1.31 bits per heavy atom. The number of hydrogen-bond donors (Lipinski definition) is 1. The van der Waals surface area contributed by atoms with Crippen molar-refractivity contribution in [2.45, 2.75) is 31.3 Å². The Kier molecular flexibility index (Phi) is 4.64. The highest BCUT2D eigenvalue weighted by Gasteiger charge is 2.34. The van der Waals surface area contributed by atoms with Gasteiger partial charge in [-0.25, -0.2) is 4.39 Å². The summed E-state index contributed by atoms with van der Waals surface area (Å²) in [5.41, 5.74) is 0.662. The van der Waals surface area contributed by atoms with Crippen molar-refractivity contribution in [3.8, 4) is 0 Å². The van der Waals surface area contributed by atoms with Crippen LogP contribution in [0.3, 0.4) is 0 Å². The highest BCUT2D eigenvalue weighted by Crippen LogP contribution is 2.34. The number of rotatable bonds is 4. The third-order valence-electron chi connectivity index (χ3n) is 4.51. The molecule has 2 aliphatic rings. The quantitative estimate of drug-likeness (QED) is 0.885. The van der Waals surface area contributed by atoms with E-state index in [4.69, 9.17) is 4.74 Å². The molecule has 2 amide bonds. The van der Waals surface area contributed by atoms with E-state index in [1.807, 2.05) is 0 Å². The Bertz CT molecular complexity index is 820. The lowest BCUT2D eigenvalue weighted by molar-refractivity contribution is -0.124. The first-order valence-electron chi connectivity index (χ1n) is 8.42. The smallest absolute Gasteiger partial charge is 0.255 e. The van der Waals surface area contributed by atoms with Gasteiger partial charge in [0.05, 0.1) is 0 Å². The van der Waals surface area contributed by atoms with Crippen LogP contribution in [0.4, 0.5) is 15.2 Å². The van der Waals surface area contributed by atoms with Crippen LogP contribution in [0, 0.1) is 5.82 Å². The Morgan fingerprint density at radius 3 is 2.85 bits per heavy atom. The molecule has 0 spiro atoms. The highest BCUT2D eigenvalue weighted by molar-refractivity contribution is 7.15. The molecule has 0 radical (unpaired) electrons. The van der Waals surface area contributed by atoms with Gasteiger partial charge in [-0.3, -0.25) is 14.9 Å². The molecule has 26 heavy (non-hydrogen) atoms. The lowest BCUT2D eigenvalue weighted by Crippen LogP contribution is -2.26. The number of aromatic nitrogens is 2.